The van der Waals surface area contributed by atoms with E-state index in [1.54, 1.807) is 19.1 Å². The van der Waals surface area contributed by atoms with Gasteiger partial charge in [0.1, 0.15) is 10.6 Å². The molecule has 1 fully saturated rings. The fourth-order valence-corrected chi connectivity index (χ4v) is 6.72. The zero-order valence-electron chi connectivity index (χ0n) is 17.4. The molecule has 3 rings (SSSR count). The van der Waals surface area contributed by atoms with E-state index in [4.69, 9.17) is 4.74 Å². The maximum Gasteiger partial charge on any atom is 0.265 e. The molecule has 2 aromatic carbocycles. The molecular weight excluding hydrogens is 428 g/mol. The zero-order chi connectivity index (χ0) is 22.5. The van der Waals surface area contributed by atoms with Crippen molar-refractivity contribution >= 4 is 37.3 Å². The van der Waals surface area contributed by atoms with E-state index >= 15 is 0 Å². The normalized spacial score (nSPS) is 17.8. The van der Waals surface area contributed by atoms with Crippen molar-refractivity contribution in [2.24, 2.45) is 5.41 Å². The minimum atomic E-state index is -4.14. The molecular formula is C20H24N2O6S2. The molecule has 0 spiro atoms. The molecule has 0 saturated carbocycles. The Morgan fingerprint density at radius 3 is 2.33 bits per heavy atom. The van der Waals surface area contributed by atoms with Gasteiger partial charge in [-0.25, -0.2) is 21.1 Å². The molecule has 0 aliphatic carbocycles. The summed E-state index contributed by atoms with van der Waals surface area (Å²) in [6.45, 7) is 6.68. The molecule has 1 aliphatic heterocycles. The second-order valence-electron chi connectivity index (χ2n) is 7.97. The van der Waals surface area contributed by atoms with Crippen molar-refractivity contribution in [3.05, 3.63) is 47.5 Å². The lowest BCUT2D eigenvalue weighted by Gasteiger charge is -2.20. The first-order valence-electron chi connectivity index (χ1n) is 9.14. The fourth-order valence-electron chi connectivity index (χ4n) is 3.31. The lowest BCUT2D eigenvalue weighted by Crippen LogP contribution is -2.33. The Morgan fingerprint density at radius 2 is 1.77 bits per heavy atom. The third-order valence-corrected chi connectivity index (χ3v) is 8.30. The summed E-state index contributed by atoms with van der Waals surface area (Å²) in [7, 11) is -6.75. The number of hydrogen-bond donors (Lipinski definition) is 1. The Hall–Kier alpha value is -2.59. The summed E-state index contributed by atoms with van der Waals surface area (Å²) in [5, 5.41) is 0. The van der Waals surface area contributed by atoms with E-state index in [-0.39, 0.29) is 22.1 Å². The molecule has 0 aromatic heterocycles. The first-order chi connectivity index (χ1) is 13.8. The van der Waals surface area contributed by atoms with Crippen LogP contribution in [0.5, 0.6) is 5.75 Å². The predicted octanol–water partition coefficient (Wildman–Crippen LogP) is 2.82. The molecule has 1 heterocycles. The number of carbonyl (C=O) groups excluding carboxylic acids is 1. The standard InChI is InChI=1S/C20H24N2O6S2/c1-13-6-7-14(2)16(10-13)21-30(26,27)18-11-15(8-9-17(18)28-5)22-19(23)20(3,4)12-29(22,24)25/h6-11,21H,12H2,1-5H3. The third kappa shape index (κ3) is 3.89. The number of amides is 1. The van der Waals surface area contributed by atoms with E-state index in [2.05, 4.69) is 4.72 Å². The Bertz CT molecular complexity index is 1230. The fraction of sp³-hybridized carbons (Fsp3) is 0.350. The molecule has 0 radical (unpaired) electrons. The average Bonchev–Trinajstić information content (AvgIpc) is 2.80. The summed E-state index contributed by atoms with van der Waals surface area (Å²) < 4.78 is 59.8. The summed E-state index contributed by atoms with van der Waals surface area (Å²) in [6.07, 6.45) is 0. The Morgan fingerprint density at radius 1 is 1.10 bits per heavy atom. The van der Waals surface area contributed by atoms with Gasteiger partial charge in [-0.1, -0.05) is 12.1 Å². The van der Waals surface area contributed by atoms with E-state index in [9.17, 15) is 21.6 Å². The highest BCUT2D eigenvalue weighted by Crippen LogP contribution is 2.38. The number of hydrogen-bond acceptors (Lipinski definition) is 6. The van der Waals surface area contributed by atoms with Gasteiger partial charge in [0.15, 0.2) is 0 Å². The number of anilines is 2. The molecule has 0 unspecified atom stereocenters. The van der Waals surface area contributed by atoms with Gasteiger partial charge < -0.3 is 4.74 Å². The van der Waals surface area contributed by atoms with Gasteiger partial charge >= 0.3 is 0 Å². The van der Waals surface area contributed by atoms with Crippen molar-refractivity contribution in [2.75, 3.05) is 21.9 Å². The van der Waals surface area contributed by atoms with Crippen LogP contribution in [0.4, 0.5) is 11.4 Å². The van der Waals surface area contributed by atoms with Crippen molar-refractivity contribution in [1.82, 2.24) is 0 Å². The SMILES string of the molecule is COc1ccc(N2C(=O)C(C)(C)CS2(=O)=O)cc1S(=O)(=O)Nc1cc(C)ccc1C. The maximum atomic E-state index is 13.1. The van der Waals surface area contributed by atoms with Gasteiger partial charge in [0, 0.05) is 0 Å². The van der Waals surface area contributed by atoms with Crippen molar-refractivity contribution in [3.8, 4) is 5.75 Å². The number of methoxy groups -OCH3 is 1. The van der Waals surface area contributed by atoms with Crippen LogP contribution >= 0.6 is 0 Å². The van der Waals surface area contributed by atoms with Crippen LogP contribution in [-0.2, 0) is 24.8 Å². The van der Waals surface area contributed by atoms with Crippen molar-refractivity contribution in [3.63, 3.8) is 0 Å². The summed E-state index contributed by atoms with van der Waals surface area (Å²) in [5.41, 5.74) is 0.837. The van der Waals surface area contributed by atoms with Crippen molar-refractivity contribution in [1.29, 1.82) is 0 Å². The molecule has 8 nitrogen and oxygen atoms in total. The minimum absolute atomic E-state index is 0.0276. The number of sulfonamides is 2. The van der Waals surface area contributed by atoms with Gasteiger partial charge in [-0.2, -0.15) is 0 Å². The number of ether oxygens (including phenoxy) is 1. The van der Waals surface area contributed by atoms with Gasteiger partial charge in [-0.05, 0) is 63.1 Å². The van der Waals surface area contributed by atoms with E-state index in [0.29, 0.717) is 9.99 Å². The Kier molecular flexibility index (Phi) is 5.36. The summed E-state index contributed by atoms with van der Waals surface area (Å²) in [4.78, 5) is 12.4. The first kappa shape index (κ1) is 22.1. The molecule has 2 aromatic rings. The number of nitrogens with one attached hydrogen (secondary N) is 1. The van der Waals surface area contributed by atoms with Crippen LogP contribution in [0.15, 0.2) is 41.3 Å². The van der Waals surface area contributed by atoms with Crippen LogP contribution in [0, 0.1) is 19.3 Å². The lowest BCUT2D eigenvalue weighted by molar-refractivity contribution is -0.123. The molecule has 1 N–H and O–H groups in total. The zero-order valence-corrected chi connectivity index (χ0v) is 19.0. The summed E-state index contributed by atoms with van der Waals surface area (Å²) >= 11 is 0. The van der Waals surface area contributed by atoms with Crippen LogP contribution < -0.4 is 13.8 Å². The van der Waals surface area contributed by atoms with Crippen LogP contribution in [0.3, 0.4) is 0 Å². The van der Waals surface area contributed by atoms with Crippen LogP contribution in [0.1, 0.15) is 25.0 Å². The molecule has 0 bridgehead atoms. The van der Waals surface area contributed by atoms with Crippen LogP contribution in [0.25, 0.3) is 0 Å². The third-order valence-electron chi connectivity index (χ3n) is 4.89. The second kappa shape index (κ2) is 7.28. The van der Waals surface area contributed by atoms with E-state index < -0.39 is 31.4 Å². The molecule has 1 aliphatic rings. The Balaban J connectivity index is 2.12. The van der Waals surface area contributed by atoms with Crippen LogP contribution in [-0.4, -0.2) is 35.6 Å². The van der Waals surface area contributed by atoms with Gasteiger partial charge in [-0.3, -0.25) is 9.52 Å². The maximum absolute atomic E-state index is 13.1. The summed E-state index contributed by atoms with van der Waals surface area (Å²) in [6, 6.07) is 9.18. The highest BCUT2D eigenvalue weighted by Gasteiger charge is 2.50. The van der Waals surface area contributed by atoms with Gasteiger partial charge in [0.05, 0.1) is 29.7 Å². The number of carbonyl (C=O) groups is 1. The topological polar surface area (TPSA) is 110 Å². The monoisotopic (exact) mass is 452 g/mol. The highest BCUT2D eigenvalue weighted by molar-refractivity contribution is 7.94. The van der Waals surface area contributed by atoms with E-state index in [0.717, 1.165) is 17.2 Å². The average molecular weight is 453 g/mol. The van der Waals surface area contributed by atoms with Crippen molar-refractivity contribution in [2.45, 2.75) is 32.6 Å². The molecule has 162 valence electrons. The smallest absolute Gasteiger partial charge is 0.265 e. The van der Waals surface area contributed by atoms with Gasteiger partial charge in [0.25, 0.3) is 10.0 Å². The minimum Gasteiger partial charge on any atom is -0.495 e. The lowest BCUT2D eigenvalue weighted by atomic mass is 9.95. The largest absolute Gasteiger partial charge is 0.495 e. The molecule has 30 heavy (non-hydrogen) atoms. The second-order valence-corrected chi connectivity index (χ2v) is 11.4. The molecule has 0 atom stereocenters. The predicted molar refractivity (Wildman–Crippen MR) is 115 cm³/mol. The molecule has 1 saturated heterocycles. The van der Waals surface area contributed by atoms with Crippen LogP contribution in [0.2, 0.25) is 0 Å². The molecule has 10 heteroatoms. The van der Waals surface area contributed by atoms with Crippen molar-refractivity contribution < 1.29 is 26.4 Å². The van der Waals surface area contributed by atoms with Gasteiger partial charge in [-0.15, -0.1) is 0 Å². The highest BCUT2D eigenvalue weighted by atomic mass is 32.2. The number of aryl methyl sites for hydroxylation is 2. The van der Waals surface area contributed by atoms with E-state index in [1.807, 2.05) is 13.0 Å². The number of rotatable bonds is 5. The van der Waals surface area contributed by atoms with Gasteiger partial charge in [0.2, 0.25) is 15.9 Å². The Labute approximate surface area is 177 Å². The quantitative estimate of drug-likeness (QED) is 0.747. The number of nitrogens with zero attached hydrogens (tertiary/aromatic N) is 1. The molecule has 1 amide bonds. The summed E-state index contributed by atoms with van der Waals surface area (Å²) in [5.74, 6) is -0.938. The van der Waals surface area contributed by atoms with E-state index in [1.165, 1.54) is 33.1 Å². The first-order valence-corrected chi connectivity index (χ1v) is 12.2. The number of benzene rings is 2.